The number of aromatic nitrogens is 5. The van der Waals surface area contributed by atoms with Crippen molar-refractivity contribution in [3.8, 4) is 10.6 Å². The highest BCUT2D eigenvalue weighted by Gasteiger charge is 2.08. The zero-order valence-electron chi connectivity index (χ0n) is 12.9. The second-order valence-electron chi connectivity index (χ2n) is 5.31. The van der Waals surface area contributed by atoms with Crippen LogP contribution in [0.4, 0.5) is 5.95 Å². The first kappa shape index (κ1) is 14.6. The summed E-state index contributed by atoms with van der Waals surface area (Å²) in [6.45, 7) is 2.28. The normalized spacial score (nSPS) is 11.0. The highest BCUT2D eigenvalue weighted by molar-refractivity contribution is 7.13. The van der Waals surface area contributed by atoms with Gasteiger partial charge in [0.2, 0.25) is 5.95 Å². The molecule has 3 aromatic heterocycles. The largest absolute Gasteiger partial charge is 0.349 e. The highest BCUT2D eigenvalue weighted by Crippen LogP contribution is 2.23. The van der Waals surface area contributed by atoms with Gasteiger partial charge in [-0.05, 0) is 6.92 Å². The van der Waals surface area contributed by atoms with Crippen molar-refractivity contribution < 1.29 is 0 Å². The number of H-pyrrole nitrogens is 1. The molecule has 0 saturated heterocycles. The average Bonchev–Trinajstić information content (AvgIpc) is 3.20. The standard InChI is InChI=1S/C16H14N6OS/c1-10-7-13(23)22-16(18-10)20-15(21-22)17-8-12-9-24-14(19-12)11-5-3-2-4-6-11/h2-7,9H,8H2,1H3,(H2,17,18,20,21). The predicted molar refractivity (Wildman–Crippen MR) is 93.2 cm³/mol. The molecule has 0 amide bonds. The molecular formula is C16H14N6OS. The van der Waals surface area contributed by atoms with Crippen LogP contribution >= 0.6 is 11.3 Å². The Morgan fingerprint density at radius 1 is 1.21 bits per heavy atom. The summed E-state index contributed by atoms with van der Waals surface area (Å²) in [5, 5.41) is 9.02. The maximum atomic E-state index is 11.9. The molecule has 0 radical (unpaired) electrons. The van der Waals surface area contributed by atoms with E-state index in [0.29, 0.717) is 24.0 Å². The number of hydrogen-bond acceptors (Lipinski definition) is 6. The van der Waals surface area contributed by atoms with Gasteiger partial charge in [-0.3, -0.25) is 9.89 Å². The monoisotopic (exact) mass is 338 g/mol. The molecule has 0 spiro atoms. The van der Waals surface area contributed by atoms with Crippen LogP contribution in [0.3, 0.4) is 0 Å². The minimum atomic E-state index is -0.182. The summed E-state index contributed by atoms with van der Waals surface area (Å²) in [5.74, 6) is 0.838. The molecule has 0 saturated carbocycles. The van der Waals surface area contributed by atoms with E-state index in [1.54, 1.807) is 18.3 Å². The van der Waals surface area contributed by atoms with E-state index in [9.17, 15) is 4.79 Å². The van der Waals surface area contributed by atoms with Crippen LogP contribution in [0.1, 0.15) is 11.4 Å². The molecule has 7 nitrogen and oxygen atoms in total. The van der Waals surface area contributed by atoms with Crippen LogP contribution in [-0.2, 0) is 6.54 Å². The number of aromatic amines is 1. The summed E-state index contributed by atoms with van der Waals surface area (Å²) in [4.78, 5) is 25.0. The average molecular weight is 338 g/mol. The van der Waals surface area contributed by atoms with Gasteiger partial charge < -0.3 is 5.32 Å². The predicted octanol–water partition coefficient (Wildman–Crippen LogP) is 2.46. The van der Waals surface area contributed by atoms with E-state index in [2.05, 4.69) is 25.4 Å². The lowest BCUT2D eigenvalue weighted by atomic mass is 10.2. The van der Waals surface area contributed by atoms with E-state index >= 15 is 0 Å². The number of rotatable bonds is 4. The van der Waals surface area contributed by atoms with Crippen molar-refractivity contribution in [1.82, 2.24) is 24.6 Å². The topological polar surface area (TPSA) is 88.0 Å². The molecule has 3 heterocycles. The van der Waals surface area contributed by atoms with Crippen molar-refractivity contribution >= 4 is 23.1 Å². The molecule has 0 aliphatic rings. The smallest absolute Gasteiger partial charge is 0.274 e. The van der Waals surface area contributed by atoms with Crippen LogP contribution in [0.2, 0.25) is 0 Å². The molecule has 120 valence electrons. The van der Waals surface area contributed by atoms with Crippen molar-refractivity contribution in [2.24, 2.45) is 0 Å². The SMILES string of the molecule is Cc1cc(=O)n2[nH]c(NCc3csc(-c4ccccc4)n3)nc2n1. The van der Waals surface area contributed by atoms with E-state index in [4.69, 9.17) is 0 Å². The molecular weight excluding hydrogens is 324 g/mol. The van der Waals surface area contributed by atoms with E-state index in [-0.39, 0.29) is 5.56 Å². The lowest BCUT2D eigenvalue weighted by molar-refractivity contribution is 0.885. The van der Waals surface area contributed by atoms with E-state index in [0.717, 1.165) is 16.3 Å². The molecule has 0 bridgehead atoms. The molecule has 8 heteroatoms. The number of nitrogens with one attached hydrogen (secondary N) is 2. The highest BCUT2D eigenvalue weighted by atomic mass is 32.1. The molecule has 4 rings (SSSR count). The number of fused-ring (bicyclic) bond motifs is 1. The molecule has 0 aliphatic heterocycles. The zero-order chi connectivity index (χ0) is 16.5. The Morgan fingerprint density at radius 2 is 2.04 bits per heavy atom. The van der Waals surface area contributed by atoms with Gasteiger partial charge in [0.15, 0.2) is 0 Å². The van der Waals surface area contributed by atoms with Crippen molar-refractivity contribution in [2.75, 3.05) is 5.32 Å². The van der Waals surface area contributed by atoms with E-state index in [1.807, 2.05) is 35.7 Å². The third-order valence-electron chi connectivity index (χ3n) is 3.47. The van der Waals surface area contributed by atoms with Crippen LogP contribution in [-0.4, -0.2) is 24.6 Å². The number of hydrogen-bond donors (Lipinski definition) is 2. The number of aryl methyl sites for hydroxylation is 1. The summed E-state index contributed by atoms with van der Waals surface area (Å²) in [5.41, 5.74) is 2.47. The number of benzene rings is 1. The number of nitrogens with zero attached hydrogens (tertiary/aromatic N) is 4. The molecule has 0 atom stereocenters. The van der Waals surface area contributed by atoms with Gasteiger partial charge in [-0.15, -0.1) is 11.3 Å². The second kappa shape index (κ2) is 5.89. The number of thiazole rings is 1. The van der Waals surface area contributed by atoms with Crippen molar-refractivity contribution in [2.45, 2.75) is 13.5 Å². The van der Waals surface area contributed by atoms with Crippen LogP contribution < -0.4 is 10.9 Å². The molecule has 2 N–H and O–H groups in total. The minimum absolute atomic E-state index is 0.182. The Morgan fingerprint density at radius 3 is 2.88 bits per heavy atom. The van der Waals surface area contributed by atoms with Crippen LogP contribution in [0, 0.1) is 6.92 Å². The molecule has 1 aromatic carbocycles. The van der Waals surface area contributed by atoms with Crippen LogP contribution in [0.25, 0.3) is 16.3 Å². The van der Waals surface area contributed by atoms with Gasteiger partial charge in [-0.1, -0.05) is 30.3 Å². The van der Waals surface area contributed by atoms with Crippen molar-refractivity contribution in [3.05, 3.63) is 63.5 Å². The third kappa shape index (κ3) is 2.79. The second-order valence-corrected chi connectivity index (χ2v) is 6.17. The van der Waals surface area contributed by atoms with Gasteiger partial charge in [0.25, 0.3) is 11.3 Å². The summed E-state index contributed by atoms with van der Waals surface area (Å²) in [6, 6.07) is 11.5. The maximum Gasteiger partial charge on any atom is 0.274 e. The fourth-order valence-corrected chi connectivity index (χ4v) is 3.17. The first-order valence-corrected chi connectivity index (χ1v) is 8.27. The first-order valence-electron chi connectivity index (χ1n) is 7.39. The fourth-order valence-electron chi connectivity index (χ4n) is 2.35. The first-order chi connectivity index (χ1) is 11.7. The molecule has 0 fully saturated rings. The summed E-state index contributed by atoms with van der Waals surface area (Å²) in [6.07, 6.45) is 0. The van der Waals surface area contributed by atoms with Gasteiger partial charge >= 0.3 is 0 Å². The number of anilines is 1. The lowest BCUT2D eigenvalue weighted by Gasteiger charge is -1.98. The Bertz CT molecular complexity index is 1050. The lowest BCUT2D eigenvalue weighted by Crippen LogP contribution is -2.14. The Kier molecular flexibility index (Phi) is 3.58. The maximum absolute atomic E-state index is 11.9. The van der Waals surface area contributed by atoms with E-state index < -0.39 is 0 Å². The van der Waals surface area contributed by atoms with Gasteiger partial charge in [0, 0.05) is 22.7 Å². The Labute approximate surface area is 141 Å². The van der Waals surface area contributed by atoms with Crippen LogP contribution in [0.15, 0.2) is 46.6 Å². The molecule has 24 heavy (non-hydrogen) atoms. The van der Waals surface area contributed by atoms with Gasteiger partial charge in [-0.25, -0.2) is 9.97 Å². The summed E-state index contributed by atoms with van der Waals surface area (Å²) >= 11 is 1.60. The van der Waals surface area contributed by atoms with E-state index in [1.165, 1.54) is 10.6 Å². The summed E-state index contributed by atoms with van der Waals surface area (Å²) in [7, 11) is 0. The molecule has 0 unspecified atom stereocenters. The van der Waals surface area contributed by atoms with Crippen LogP contribution in [0.5, 0.6) is 0 Å². The fraction of sp³-hybridized carbons (Fsp3) is 0.125. The Balaban J connectivity index is 1.52. The minimum Gasteiger partial charge on any atom is -0.349 e. The van der Waals surface area contributed by atoms with Crippen molar-refractivity contribution in [1.29, 1.82) is 0 Å². The Hall–Kier alpha value is -3.00. The summed E-state index contributed by atoms with van der Waals surface area (Å²) < 4.78 is 1.31. The van der Waals surface area contributed by atoms with Gasteiger partial charge in [-0.2, -0.15) is 9.50 Å². The third-order valence-corrected chi connectivity index (χ3v) is 4.41. The molecule has 4 aromatic rings. The molecule has 0 aliphatic carbocycles. The quantitative estimate of drug-likeness (QED) is 0.597. The van der Waals surface area contributed by atoms with Crippen molar-refractivity contribution in [3.63, 3.8) is 0 Å². The zero-order valence-corrected chi connectivity index (χ0v) is 13.7. The van der Waals surface area contributed by atoms with Gasteiger partial charge in [0.1, 0.15) is 5.01 Å². The van der Waals surface area contributed by atoms with Gasteiger partial charge in [0.05, 0.1) is 12.2 Å².